The first kappa shape index (κ1) is 16.1. The number of hydrogen-bond donors (Lipinski definition) is 2. The van der Waals surface area contributed by atoms with Crippen molar-refractivity contribution in [2.45, 2.75) is 64.3 Å². The molecule has 2 rings (SSSR count). The summed E-state index contributed by atoms with van der Waals surface area (Å²) in [5.74, 6) is 0.158. The average molecular weight is 296 g/mol. The molecule has 0 radical (unpaired) electrons. The maximum absolute atomic E-state index is 12.4. The summed E-state index contributed by atoms with van der Waals surface area (Å²) >= 11 is 0. The van der Waals surface area contributed by atoms with Crippen molar-refractivity contribution >= 4 is 12.0 Å². The smallest absolute Gasteiger partial charge is 0.317 e. The van der Waals surface area contributed by atoms with E-state index in [-0.39, 0.29) is 12.5 Å². The molecule has 0 spiro atoms. The molecule has 0 aromatic rings. The van der Waals surface area contributed by atoms with E-state index in [0.29, 0.717) is 30.8 Å². The highest BCUT2D eigenvalue weighted by Gasteiger charge is 2.29. The van der Waals surface area contributed by atoms with Crippen molar-refractivity contribution in [2.24, 2.45) is 11.8 Å². The number of nitrogens with one attached hydrogen (secondary N) is 1. The van der Waals surface area contributed by atoms with Gasteiger partial charge in [-0.05, 0) is 37.5 Å². The van der Waals surface area contributed by atoms with Gasteiger partial charge in [0.1, 0.15) is 0 Å². The second kappa shape index (κ2) is 7.66. The monoisotopic (exact) mass is 296 g/mol. The van der Waals surface area contributed by atoms with Crippen LogP contribution in [0.3, 0.4) is 0 Å². The van der Waals surface area contributed by atoms with Gasteiger partial charge in [0.05, 0.1) is 0 Å². The van der Waals surface area contributed by atoms with Crippen LogP contribution in [0.15, 0.2) is 0 Å². The van der Waals surface area contributed by atoms with Crippen molar-refractivity contribution in [3.8, 4) is 0 Å². The summed E-state index contributed by atoms with van der Waals surface area (Å²) in [6.45, 7) is 3.70. The topological polar surface area (TPSA) is 69.6 Å². The molecule has 5 nitrogen and oxygen atoms in total. The van der Waals surface area contributed by atoms with Gasteiger partial charge in [-0.1, -0.05) is 26.2 Å². The molecular weight excluding hydrogens is 268 g/mol. The van der Waals surface area contributed by atoms with E-state index in [1.165, 1.54) is 25.7 Å². The fourth-order valence-corrected chi connectivity index (χ4v) is 3.54. The Morgan fingerprint density at radius 1 is 1.19 bits per heavy atom. The lowest BCUT2D eigenvalue weighted by Gasteiger charge is -2.26. The molecular formula is C16H28N2O3. The van der Waals surface area contributed by atoms with E-state index in [2.05, 4.69) is 12.2 Å². The third kappa shape index (κ3) is 4.90. The van der Waals surface area contributed by atoms with Crippen molar-refractivity contribution < 1.29 is 14.7 Å². The number of rotatable bonds is 4. The number of carbonyl (C=O) groups is 2. The van der Waals surface area contributed by atoms with Crippen LogP contribution < -0.4 is 5.32 Å². The van der Waals surface area contributed by atoms with Gasteiger partial charge in [0.15, 0.2) is 0 Å². The van der Waals surface area contributed by atoms with Crippen LogP contribution in [-0.2, 0) is 4.79 Å². The molecule has 1 heterocycles. The number of hydrogen-bond acceptors (Lipinski definition) is 2. The molecule has 1 saturated carbocycles. The lowest BCUT2D eigenvalue weighted by atomic mass is 9.97. The van der Waals surface area contributed by atoms with E-state index in [1.807, 2.05) is 4.90 Å². The highest BCUT2D eigenvalue weighted by Crippen LogP contribution is 2.24. The number of urea groups is 1. The Labute approximate surface area is 127 Å². The second-order valence-electron chi connectivity index (χ2n) is 6.70. The normalized spacial score (nSPS) is 30.0. The molecule has 21 heavy (non-hydrogen) atoms. The molecule has 2 fully saturated rings. The van der Waals surface area contributed by atoms with Gasteiger partial charge in [0.2, 0.25) is 0 Å². The van der Waals surface area contributed by atoms with Gasteiger partial charge < -0.3 is 15.3 Å². The summed E-state index contributed by atoms with van der Waals surface area (Å²) in [4.78, 5) is 24.8. The second-order valence-corrected chi connectivity index (χ2v) is 6.70. The molecule has 0 aromatic carbocycles. The number of aliphatic carboxylic acids is 1. The van der Waals surface area contributed by atoms with Gasteiger partial charge in [0.25, 0.3) is 0 Å². The number of likely N-dealkylation sites (tertiary alicyclic amines) is 1. The molecule has 0 aromatic heterocycles. The molecule has 1 saturated heterocycles. The Balaban J connectivity index is 1.77. The zero-order valence-electron chi connectivity index (χ0n) is 13.0. The highest BCUT2D eigenvalue weighted by atomic mass is 16.4. The van der Waals surface area contributed by atoms with Crippen LogP contribution in [-0.4, -0.2) is 41.1 Å². The number of carbonyl (C=O) groups excluding carboxylic acids is 1. The van der Waals surface area contributed by atoms with Crippen molar-refractivity contribution in [1.82, 2.24) is 10.2 Å². The third-order valence-corrected chi connectivity index (χ3v) is 5.01. The van der Waals surface area contributed by atoms with Crippen LogP contribution in [0.1, 0.15) is 58.3 Å². The molecule has 5 heteroatoms. The lowest BCUT2D eigenvalue weighted by molar-refractivity contribution is -0.137. The first-order valence-electron chi connectivity index (χ1n) is 8.33. The zero-order chi connectivity index (χ0) is 15.2. The standard InChI is InChI=1S/C16H28N2O3/c1-12-5-3-2-4-6-14(12)17-16(21)18-10-9-13(11-18)7-8-15(19)20/h12-14H,2-11H2,1H3,(H,17,21)(H,19,20). The predicted octanol–water partition coefficient (Wildman–Crippen LogP) is 2.85. The lowest BCUT2D eigenvalue weighted by Crippen LogP contribution is -2.46. The van der Waals surface area contributed by atoms with E-state index < -0.39 is 5.97 Å². The van der Waals surface area contributed by atoms with Crippen molar-refractivity contribution in [3.63, 3.8) is 0 Å². The number of carboxylic acids is 1. The van der Waals surface area contributed by atoms with Crippen LogP contribution in [0.2, 0.25) is 0 Å². The van der Waals surface area contributed by atoms with Gasteiger partial charge in [0, 0.05) is 25.6 Å². The largest absolute Gasteiger partial charge is 0.481 e. The SMILES string of the molecule is CC1CCCCCC1NC(=O)N1CCC(CCC(=O)O)C1. The van der Waals surface area contributed by atoms with Crippen LogP contribution >= 0.6 is 0 Å². The minimum Gasteiger partial charge on any atom is -0.481 e. The Hall–Kier alpha value is -1.26. The van der Waals surface area contributed by atoms with Crippen LogP contribution in [0.25, 0.3) is 0 Å². The Bertz CT molecular complexity index is 373. The number of nitrogens with zero attached hydrogens (tertiary/aromatic N) is 1. The van der Waals surface area contributed by atoms with Gasteiger partial charge in [-0.2, -0.15) is 0 Å². The molecule has 2 aliphatic rings. The minimum absolute atomic E-state index is 0.0478. The van der Waals surface area contributed by atoms with Crippen LogP contribution in [0, 0.1) is 11.8 Å². The summed E-state index contributed by atoms with van der Waals surface area (Å²) in [6, 6.07) is 0.352. The quantitative estimate of drug-likeness (QED) is 0.784. The summed E-state index contributed by atoms with van der Waals surface area (Å²) < 4.78 is 0. The molecule has 1 aliphatic heterocycles. The third-order valence-electron chi connectivity index (χ3n) is 5.01. The molecule has 120 valence electrons. The van der Waals surface area contributed by atoms with Crippen LogP contribution in [0.5, 0.6) is 0 Å². The summed E-state index contributed by atoms with van der Waals surface area (Å²) in [7, 11) is 0. The summed E-state index contributed by atoms with van der Waals surface area (Å²) in [6.07, 6.45) is 7.86. The molecule has 0 bridgehead atoms. The van der Waals surface area contributed by atoms with Crippen molar-refractivity contribution in [2.75, 3.05) is 13.1 Å². The Morgan fingerprint density at radius 2 is 1.95 bits per heavy atom. The van der Waals surface area contributed by atoms with E-state index in [0.717, 1.165) is 19.4 Å². The predicted molar refractivity (Wildman–Crippen MR) is 81.1 cm³/mol. The van der Waals surface area contributed by atoms with Crippen molar-refractivity contribution in [3.05, 3.63) is 0 Å². The fraction of sp³-hybridized carbons (Fsp3) is 0.875. The molecule has 3 atom stereocenters. The van der Waals surface area contributed by atoms with Gasteiger partial charge in [-0.3, -0.25) is 4.79 Å². The van der Waals surface area contributed by atoms with Gasteiger partial charge in [-0.15, -0.1) is 0 Å². The van der Waals surface area contributed by atoms with Gasteiger partial charge in [-0.25, -0.2) is 4.79 Å². The molecule has 2 N–H and O–H groups in total. The highest BCUT2D eigenvalue weighted by molar-refractivity contribution is 5.75. The summed E-state index contributed by atoms with van der Waals surface area (Å²) in [5, 5.41) is 11.9. The molecule has 1 aliphatic carbocycles. The zero-order valence-corrected chi connectivity index (χ0v) is 13.0. The first-order chi connectivity index (χ1) is 10.1. The summed E-state index contributed by atoms with van der Waals surface area (Å²) in [5.41, 5.74) is 0. The Morgan fingerprint density at radius 3 is 2.71 bits per heavy atom. The van der Waals surface area contributed by atoms with E-state index >= 15 is 0 Å². The van der Waals surface area contributed by atoms with Crippen LogP contribution in [0.4, 0.5) is 4.79 Å². The van der Waals surface area contributed by atoms with E-state index in [9.17, 15) is 9.59 Å². The molecule has 3 unspecified atom stereocenters. The van der Waals surface area contributed by atoms with Gasteiger partial charge >= 0.3 is 12.0 Å². The average Bonchev–Trinajstić information content (AvgIpc) is 2.83. The maximum atomic E-state index is 12.4. The van der Waals surface area contributed by atoms with E-state index in [4.69, 9.17) is 5.11 Å². The minimum atomic E-state index is -0.745. The fourth-order valence-electron chi connectivity index (χ4n) is 3.54. The molecule has 2 amide bonds. The first-order valence-corrected chi connectivity index (χ1v) is 8.33. The van der Waals surface area contributed by atoms with E-state index in [1.54, 1.807) is 0 Å². The van der Waals surface area contributed by atoms with Crippen molar-refractivity contribution in [1.29, 1.82) is 0 Å². The number of amides is 2. The maximum Gasteiger partial charge on any atom is 0.317 e. The number of carboxylic acid groups (broad SMARTS) is 1. The Kier molecular flexibility index (Phi) is 5.88.